The molecule has 1 fully saturated rings. The van der Waals surface area contributed by atoms with Gasteiger partial charge in [-0.3, -0.25) is 9.48 Å². The van der Waals surface area contributed by atoms with E-state index in [1.54, 1.807) is 27.8 Å². The number of amides is 2. The number of anilines is 1. The third kappa shape index (κ3) is 5.96. The van der Waals surface area contributed by atoms with Gasteiger partial charge in [0.15, 0.2) is 0 Å². The standard InChI is InChI=1S/C28H32N10O3/c1-18(2)10-20(13-31-28(40)41)27(39)37-8-6-36(7-9-37)24-5-4-19(12-30-24)25-26-21(11-29)14-33-38(26)17-23(34-25)22-15-32-35(3)16-22/h4-5,12,14-18,20,31H,6-10,13H2,1-3H3,(H,40,41). The Morgan fingerprint density at radius 1 is 1.07 bits per heavy atom. The SMILES string of the molecule is CC(C)CC(CNC(=O)O)C(=O)N1CCN(c2ccc(-c3nc(-c4cnn(C)c4)cn4ncc(C#N)c34)cn2)CC1. The Kier molecular flexibility index (Phi) is 7.82. The van der Waals surface area contributed by atoms with E-state index in [9.17, 15) is 14.9 Å². The molecule has 0 spiro atoms. The lowest BCUT2D eigenvalue weighted by Gasteiger charge is -2.37. The molecular weight excluding hydrogens is 524 g/mol. The van der Waals surface area contributed by atoms with Gasteiger partial charge in [0.2, 0.25) is 5.91 Å². The number of nitrogens with one attached hydrogen (secondary N) is 1. The fourth-order valence-corrected chi connectivity index (χ4v) is 5.17. The van der Waals surface area contributed by atoms with Gasteiger partial charge >= 0.3 is 6.09 Å². The van der Waals surface area contributed by atoms with E-state index in [1.807, 2.05) is 44.1 Å². The van der Waals surface area contributed by atoms with Gasteiger partial charge in [-0.2, -0.15) is 15.5 Å². The molecule has 0 aromatic carbocycles. The zero-order valence-electron chi connectivity index (χ0n) is 23.2. The average Bonchev–Trinajstić information content (AvgIpc) is 3.60. The van der Waals surface area contributed by atoms with E-state index in [0.717, 1.165) is 16.9 Å². The van der Waals surface area contributed by atoms with Gasteiger partial charge in [-0.25, -0.2) is 19.3 Å². The second-order valence-corrected chi connectivity index (χ2v) is 10.6. The summed E-state index contributed by atoms with van der Waals surface area (Å²) in [4.78, 5) is 37.7. The summed E-state index contributed by atoms with van der Waals surface area (Å²) >= 11 is 0. The van der Waals surface area contributed by atoms with Crippen LogP contribution < -0.4 is 10.2 Å². The summed E-state index contributed by atoms with van der Waals surface area (Å²) in [6.07, 6.45) is 8.14. The van der Waals surface area contributed by atoms with Crippen LogP contribution in [0, 0.1) is 23.2 Å². The van der Waals surface area contributed by atoms with Crippen molar-refractivity contribution in [3.63, 3.8) is 0 Å². The molecule has 0 radical (unpaired) electrons. The number of carbonyl (C=O) groups excluding carboxylic acids is 1. The van der Waals surface area contributed by atoms with Gasteiger partial charge in [-0.05, 0) is 24.5 Å². The number of nitrogens with zero attached hydrogens (tertiary/aromatic N) is 9. The second kappa shape index (κ2) is 11.6. The lowest BCUT2D eigenvalue weighted by atomic mass is 9.95. The van der Waals surface area contributed by atoms with Crippen molar-refractivity contribution < 1.29 is 14.7 Å². The van der Waals surface area contributed by atoms with Gasteiger partial charge in [-0.1, -0.05) is 13.8 Å². The van der Waals surface area contributed by atoms with Crippen molar-refractivity contribution in [2.24, 2.45) is 18.9 Å². The molecule has 1 unspecified atom stereocenters. The van der Waals surface area contributed by atoms with Crippen LogP contribution in [0.4, 0.5) is 10.6 Å². The summed E-state index contributed by atoms with van der Waals surface area (Å²) < 4.78 is 3.36. The van der Waals surface area contributed by atoms with E-state index in [0.29, 0.717) is 55.1 Å². The third-order valence-corrected chi connectivity index (χ3v) is 7.16. The summed E-state index contributed by atoms with van der Waals surface area (Å²) in [5.74, 6) is 0.647. The Morgan fingerprint density at radius 3 is 2.46 bits per heavy atom. The number of carbonyl (C=O) groups is 2. The molecule has 0 saturated carbocycles. The molecule has 1 atom stereocenters. The summed E-state index contributed by atoms with van der Waals surface area (Å²) in [5, 5.41) is 29.6. The summed E-state index contributed by atoms with van der Waals surface area (Å²) in [6, 6.07) is 6.05. The van der Waals surface area contributed by atoms with E-state index < -0.39 is 6.09 Å². The maximum atomic E-state index is 13.2. The number of nitriles is 1. The highest BCUT2D eigenvalue weighted by Gasteiger charge is 2.29. The van der Waals surface area contributed by atoms with Crippen LogP contribution in [0.15, 0.2) is 43.1 Å². The van der Waals surface area contributed by atoms with Gasteiger partial charge in [-0.15, -0.1) is 0 Å². The molecule has 4 aromatic heterocycles. The minimum atomic E-state index is -1.12. The van der Waals surface area contributed by atoms with Crippen LogP contribution in [0.5, 0.6) is 0 Å². The van der Waals surface area contributed by atoms with Gasteiger partial charge in [0, 0.05) is 63.3 Å². The van der Waals surface area contributed by atoms with Crippen molar-refractivity contribution in [2.75, 3.05) is 37.6 Å². The number of rotatable bonds is 8. The fourth-order valence-electron chi connectivity index (χ4n) is 5.17. The van der Waals surface area contributed by atoms with E-state index in [1.165, 1.54) is 6.20 Å². The van der Waals surface area contributed by atoms with Crippen molar-refractivity contribution in [2.45, 2.75) is 20.3 Å². The summed E-state index contributed by atoms with van der Waals surface area (Å²) in [6.45, 7) is 6.44. The molecular formula is C28H32N10O3. The first-order chi connectivity index (χ1) is 19.7. The predicted octanol–water partition coefficient (Wildman–Crippen LogP) is 2.64. The second-order valence-electron chi connectivity index (χ2n) is 10.6. The number of hydrogen-bond donors (Lipinski definition) is 2. The Hall–Kier alpha value is -4.99. The molecule has 13 nitrogen and oxygen atoms in total. The van der Waals surface area contributed by atoms with Gasteiger partial charge in [0.05, 0.1) is 35.9 Å². The molecule has 212 valence electrons. The smallest absolute Gasteiger partial charge is 0.404 e. The quantitative estimate of drug-likeness (QED) is 0.333. The Balaban J connectivity index is 1.33. The topological polar surface area (TPSA) is 158 Å². The first kappa shape index (κ1) is 27.6. The minimum Gasteiger partial charge on any atom is -0.465 e. The molecule has 13 heteroatoms. The van der Waals surface area contributed by atoms with Crippen molar-refractivity contribution in [1.29, 1.82) is 5.26 Å². The van der Waals surface area contributed by atoms with E-state index in [4.69, 9.17) is 15.1 Å². The molecule has 1 aliphatic rings. The first-order valence-corrected chi connectivity index (χ1v) is 13.5. The number of aromatic nitrogens is 6. The summed E-state index contributed by atoms with van der Waals surface area (Å²) in [5.41, 5.74) is 3.88. The number of carboxylic acid groups (broad SMARTS) is 1. The fraction of sp³-hybridized carbons (Fsp3) is 0.393. The maximum Gasteiger partial charge on any atom is 0.404 e. The van der Waals surface area contributed by atoms with Crippen LogP contribution in [0.1, 0.15) is 25.8 Å². The molecule has 2 amide bonds. The lowest BCUT2D eigenvalue weighted by Crippen LogP contribution is -2.52. The number of fused-ring (bicyclic) bond motifs is 1. The highest BCUT2D eigenvalue weighted by atomic mass is 16.4. The number of piperazine rings is 1. The molecule has 5 heterocycles. The van der Waals surface area contributed by atoms with Crippen molar-refractivity contribution in [3.05, 3.63) is 48.7 Å². The molecule has 1 saturated heterocycles. The van der Waals surface area contributed by atoms with Crippen molar-refractivity contribution in [3.8, 4) is 28.6 Å². The van der Waals surface area contributed by atoms with Crippen LogP contribution in [0.2, 0.25) is 0 Å². The van der Waals surface area contributed by atoms with E-state index >= 15 is 0 Å². The maximum absolute atomic E-state index is 13.2. The van der Waals surface area contributed by atoms with Crippen molar-refractivity contribution in [1.82, 2.24) is 39.6 Å². The molecule has 0 bridgehead atoms. The first-order valence-electron chi connectivity index (χ1n) is 13.5. The Bertz CT molecular complexity index is 1590. The zero-order valence-corrected chi connectivity index (χ0v) is 23.2. The van der Waals surface area contributed by atoms with Gasteiger partial charge in [0.25, 0.3) is 0 Å². The predicted molar refractivity (Wildman–Crippen MR) is 151 cm³/mol. The normalized spacial score (nSPS) is 14.3. The van der Waals surface area contributed by atoms with Crippen LogP contribution in [-0.4, -0.2) is 84.1 Å². The van der Waals surface area contributed by atoms with E-state index in [2.05, 4.69) is 26.5 Å². The largest absolute Gasteiger partial charge is 0.465 e. The number of hydrogen-bond acceptors (Lipinski definition) is 8. The molecule has 0 aliphatic carbocycles. The van der Waals surface area contributed by atoms with Crippen molar-refractivity contribution >= 4 is 23.3 Å². The average molecular weight is 557 g/mol. The molecule has 1 aliphatic heterocycles. The summed E-state index contributed by atoms with van der Waals surface area (Å²) in [7, 11) is 1.84. The Morgan fingerprint density at radius 2 is 1.85 bits per heavy atom. The van der Waals surface area contributed by atoms with Crippen LogP contribution in [0.3, 0.4) is 0 Å². The molecule has 4 aromatic rings. The van der Waals surface area contributed by atoms with Crippen LogP contribution in [0.25, 0.3) is 28.0 Å². The lowest BCUT2D eigenvalue weighted by molar-refractivity contribution is -0.136. The van der Waals surface area contributed by atoms with Gasteiger partial charge in [0.1, 0.15) is 23.0 Å². The highest BCUT2D eigenvalue weighted by Crippen LogP contribution is 2.29. The van der Waals surface area contributed by atoms with Crippen LogP contribution >= 0.6 is 0 Å². The number of pyridine rings is 1. The van der Waals surface area contributed by atoms with Gasteiger partial charge < -0.3 is 20.2 Å². The number of aryl methyl sites for hydroxylation is 1. The molecule has 5 rings (SSSR count). The third-order valence-electron chi connectivity index (χ3n) is 7.16. The van der Waals surface area contributed by atoms with Crippen LogP contribution in [-0.2, 0) is 11.8 Å². The molecule has 41 heavy (non-hydrogen) atoms. The molecule has 2 N–H and O–H groups in total. The Labute approximate surface area is 237 Å². The monoisotopic (exact) mass is 556 g/mol. The highest BCUT2D eigenvalue weighted by molar-refractivity contribution is 5.83. The van der Waals surface area contributed by atoms with E-state index in [-0.39, 0.29) is 24.3 Å². The minimum absolute atomic E-state index is 0.0203. The zero-order chi connectivity index (χ0) is 29.1.